The minimum Gasteiger partial charge on any atom is -0.497 e. The molecule has 0 aromatic heterocycles. The van der Waals surface area contributed by atoms with Crippen molar-refractivity contribution in [3.8, 4) is 5.75 Å². The number of carboxylic acid groups (broad SMARTS) is 1. The third-order valence-electron chi connectivity index (χ3n) is 12.0. The van der Waals surface area contributed by atoms with Gasteiger partial charge in [-0.25, -0.2) is 4.39 Å². The number of hydrogen-bond donors (Lipinski definition) is 1. The van der Waals surface area contributed by atoms with Crippen molar-refractivity contribution >= 4 is 17.6 Å². The van der Waals surface area contributed by atoms with E-state index in [-0.39, 0.29) is 31.0 Å². The monoisotopic (exact) mass is 687 g/mol. The summed E-state index contributed by atoms with van der Waals surface area (Å²) >= 11 is 0. The number of likely N-dealkylation sites (tertiary alicyclic amines) is 2. The zero-order chi connectivity index (χ0) is 35.1. The minimum atomic E-state index is -4.55. The number of halogens is 4. The number of anilines is 1. The molecule has 0 bridgehead atoms. The third-order valence-corrected chi connectivity index (χ3v) is 12.0. The van der Waals surface area contributed by atoms with Crippen molar-refractivity contribution in [2.75, 3.05) is 51.3 Å². The number of rotatable bonds is 8. The quantitative estimate of drug-likeness (QED) is 0.293. The molecular formula is C38H49F4N3O4. The Morgan fingerprint density at radius 3 is 2.22 bits per heavy atom. The molecule has 4 fully saturated rings. The van der Waals surface area contributed by atoms with Crippen molar-refractivity contribution in [2.45, 2.75) is 88.5 Å². The van der Waals surface area contributed by atoms with Crippen molar-refractivity contribution in [1.29, 1.82) is 0 Å². The molecule has 4 aliphatic rings. The lowest BCUT2D eigenvalue weighted by atomic mass is 9.84. The Bertz CT molecular complexity index is 1490. The highest BCUT2D eigenvalue weighted by molar-refractivity contribution is 5.88. The van der Waals surface area contributed by atoms with Gasteiger partial charge in [-0.1, -0.05) is 38.5 Å². The van der Waals surface area contributed by atoms with Crippen LogP contribution < -0.4 is 9.64 Å². The molecule has 0 spiro atoms. The van der Waals surface area contributed by atoms with Crippen LogP contribution in [0.15, 0.2) is 42.5 Å². The predicted molar refractivity (Wildman–Crippen MR) is 180 cm³/mol. The summed E-state index contributed by atoms with van der Waals surface area (Å²) in [5, 5.41) is 9.50. The maximum Gasteiger partial charge on any atom is 0.416 e. The van der Waals surface area contributed by atoms with Crippen LogP contribution in [-0.2, 0) is 15.8 Å². The van der Waals surface area contributed by atoms with Gasteiger partial charge in [-0.05, 0) is 85.8 Å². The van der Waals surface area contributed by atoms with E-state index in [4.69, 9.17) is 4.74 Å². The Hall–Kier alpha value is -3.34. The summed E-state index contributed by atoms with van der Waals surface area (Å²) in [5.41, 5.74) is -1.04. The van der Waals surface area contributed by atoms with Gasteiger partial charge in [0.1, 0.15) is 5.75 Å². The number of hydrogen-bond acceptors (Lipinski definition) is 5. The number of amides is 1. The molecule has 3 heterocycles. The first-order valence-corrected chi connectivity index (χ1v) is 17.9. The lowest BCUT2D eigenvalue weighted by Crippen LogP contribution is -2.50. The van der Waals surface area contributed by atoms with Gasteiger partial charge in [0.05, 0.1) is 18.6 Å². The highest BCUT2D eigenvalue weighted by atomic mass is 19.4. The molecule has 6 rings (SSSR count). The van der Waals surface area contributed by atoms with Crippen LogP contribution in [-0.4, -0.2) is 84.9 Å². The number of carbonyl (C=O) groups is 2. The Kier molecular flexibility index (Phi) is 10.2. The standard InChI is InChI=1S/C38H49F4N3O4/c1-4-25-20-44(21-32(25)31-14-9-28(38(40,41)42)19-34(31)43-17-15-27(16-18-43)35(46)47)36(48)37(39)23-45(29-10-5-24(2)6-11-29)22-33(37)26-7-12-30(49-3)13-8-26/h7-9,12-14,19,24-25,27,29,32-33H,4-6,10-11,15-18,20-23H2,1-3H3,(H,46,47)/t24-,25-,29+,32-,33-,37-/m0/s1. The van der Waals surface area contributed by atoms with Gasteiger partial charge in [0, 0.05) is 62.8 Å². The molecule has 1 amide bonds. The normalized spacial score (nSPS) is 30.1. The molecule has 1 saturated carbocycles. The first kappa shape index (κ1) is 35.5. The second kappa shape index (κ2) is 14.1. The number of carboxylic acids is 1. The number of alkyl halides is 4. The van der Waals surface area contributed by atoms with Crippen LogP contribution in [0.1, 0.15) is 87.3 Å². The fourth-order valence-corrected chi connectivity index (χ4v) is 8.90. The summed E-state index contributed by atoms with van der Waals surface area (Å²) in [4.78, 5) is 31.8. The molecule has 3 aliphatic heterocycles. The molecule has 7 nitrogen and oxygen atoms in total. The lowest BCUT2D eigenvalue weighted by Gasteiger charge is -2.35. The third kappa shape index (κ3) is 7.14. The smallest absolute Gasteiger partial charge is 0.416 e. The van der Waals surface area contributed by atoms with Gasteiger partial charge in [0.15, 0.2) is 0 Å². The maximum atomic E-state index is 17.7. The van der Waals surface area contributed by atoms with Gasteiger partial charge in [-0.2, -0.15) is 13.2 Å². The topological polar surface area (TPSA) is 73.3 Å². The van der Waals surface area contributed by atoms with Crippen LogP contribution in [0.3, 0.4) is 0 Å². The number of ether oxygens (including phenoxy) is 1. The van der Waals surface area contributed by atoms with E-state index in [0.717, 1.165) is 37.3 Å². The minimum absolute atomic E-state index is 0.0174. The van der Waals surface area contributed by atoms with Crippen molar-refractivity contribution in [3.63, 3.8) is 0 Å². The van der Waals surface area contributed by atoms with E-state index in [1.807, 2.05) is 24.0 Å². The zero-order valence-corrected chi connectivity index (χ0v) is 28.7. The molecule has 2 aromatic rings. The molecule has 0 radical (unpaired) electrons. The Labute approximate surface area is 286 Å². The largest absolute Gasteiger partial charge is 0.497 e. The number of nitrogens with zero attached hydrogens (tertiary/aromatic N) is 3. The van der Waals surface area contributed by atoms with Gasteiger partial charge in [-0.15, -0.1) is 0 Å². The summed E-state index contributed by atoms with van der Waals surface area (Å²) in [6.45, 7) is 5.89. The molecule has 1 N–H and O–H groups in total. The number of aliphatic carboxylic acids is 1. The van der Waals surface area contributed by atoms with Gasteiger partial charge in [-0.3, -0.25) is 14.5 Å². The second-order valence-corrected chi connectivity index (χ2v) is 14.9. The van der Waals surface area contributed by atoms with E-state index >= 15 is 4.39 Å². The molecule has 11 heteroatoms. The summed E-state index contributed by atoms with van der Waals surface area (Å²) in [5.74, 6) is -1.70. The highest BCUT2D eigenvalue weighted by Crippen LogP contribution is 2.47. The van der Waals surface area contributed by atoms with E-state index in [1.165, 1.54) is 12.1 Å². The fraction of sp³-hybridized carbons (Fsp3) is 0.632. The lowest BCUT2D eigenvalue weighted by molar-refractivity contribution is -0.143. The van der Waals surface area contributed by atoms with Crippen LogP contribution in [0.2, 0.25) is 0 Å². The van der Waals surface area contributed by atoms with Crippen LogP contribution in [0.25, 0.3) is 0 Å². The van der Waals surface area contributed by atoms with Gasteiger partial charge in [0.25, 0.3) is 5.91 Å². The van der Waals surface area contributed by atoms with E-state index < -0.39 is 41.1 Å². The Morgan fingerprint density at radius 2 is 1.63 bits per heavy atom. The van der Waals surface area contributed by atoms with E-state index in [1.54, 1.807) is 24.1 Å². The summed E-state index contributed by atoms with van der Waals surface area (Å²) in [6, 6.07) is 11.3. The van der Waals surface area contributed by atoms with Crippen LogP contribution in [0, 0.1) is 17.8 Å². The first-order valence-electron chi connectivity index (χ1n) is 17.9. The van der Waals surface area contributed by atoms with Gasteiger partial charge >= 0.3 is 12.1 Å². The maximum absolute atomic E-state index is 17.7. The van der Waals surface area contributed by atoms with E-state index in [2.05, 4.69) is 11.8 Å². The first-order chi connectivity index (χ1) is 23.3. The Balaban J connectivity index is 1.29. The zero-order valence-electron chi connectivity index (χ0n) is 28.7. The molecule has 2 aromatic carbocycles. The van der Waals surface area contributed by atoms with Crippen molar-refractivity contribution in [2.24, 2.45) is 17.8 Å². The van der Waals surface area contributed by atoms with E-state index in [9.17, 15) is 27.9 Å². The van der Waals surface area contributed by atoms with Crippen LogP contribution in [0.4, 0.5) is 23.2 Å². The summed E-state index contributed by atoms with van der Waals surface area (Å²) in [7, 11) is 1.58. The number of methoxy groups -OCH3 is 1. The van der Waals surface area contributed by atoms with Crippen LogP contribution >= 0.6 is 0 Å². The van der Waals surface area contributed by atoms with Crippen LogP contribution in [0.5, 0.6) is 5.75 Å². The summed E-state index contributed by atoms with van der Waals surface area (Å²) < 4.78 is 64.9. The van der Waals surface area contributed by atoms with Gasteiger partial charge in [0.2, 0.25) is 5.67 Å². The number of carbonyl (C=O) groups excluding carboxylic acids is 1. The number of benzene rings is 2. The average Bonchev–Trinajstić information content (AvgIpc) is 3.69. The van der Waals surface area contributed by atoms with Crippen molar-refractivity contribution in [1.82, 2.24) is 9.80 Å². The number of piperidine rings is 1. The van der Waals surface area contributed by atoms with Gasteiger partial charge < -0.3 is 19.6 Å². The molecule has 1 aliphatic carbocycles. The predicted octanol–water partition coefficient (Wildman–Crippen LogP) is 7.35. The molecular weight excluding hydrogens is 638 g/mol. The van der Waals surface area contributed by atoms with Crippen molar-refractivity contribution in [3.05, 3.63) is 59.2 Å². The summed E-state index contributed by atoms with van der Waals surface area (Å²) in [6.07, 6.45) is 0.916. The Morgan fingerprint density at radius 1 is 0.959 bits per heavy atom. The molecule has 268 valence electrons. The fourth-order valence-electron chi connectivity index (χ4n) is 8.90. The van der Waals surface area contributed by atoms with E-state index in [0.29, 0.717) is 68.4 Å². The molecule has 49 heavy (non-hydrogen) atoms. The SMILES string of the molecule is CC[C@H]1CN(C(=O)[C@]2(F)CN([C@H]3CC[C@@H](C)CC3)C[C@H]2c2ccc(OC)cc2)C[C@@H]1c1ccc(C(F)(F)F)cc1N1CCC(C(=O)O)CC1. The van der Waals surface area contributed by atoms with Crippen molar-refractivity contribution < 1.29 is 37.0 Å². The molecule has 3 saturated heterocycles. The molecule has 4 atom stereocenters. The molecule has 0 unspecified atom stereocenters. The average molecular weight is 688 g/mol. The second-order valence-electron chi connectivity index (χ2n) is 14.9. The highest BCUT2D eigenvalue weighted by Gasteiger charge is 2.57.